The van der Waals surface area contributed by atoms with Gasteiger partial charge in [-0.2, -0.15) is 0 Å². The van der Waals surface area contributed by atoms with Crippen molar-refractivity contribution in [3.8, 4) is 0 Å². The molecule has 1 nitrogen and oxygen atoms in total. The number of methoxy groups -OCH3 is 1. The van der Waals surface area contributed by atoms with Gasteiger partial charge in [-0.05, 0) is 19.4 Å². The van der Waals surface area contributed by atoms with Crippen LogP contribution in [0.3, 0.4) is 0 Å². The predicted octanol–water partition coefficient (Wildman–Crippen LogP) is 2.66. The lowest BCUT2D eigenvalue weighted by Gasteiger charge is -2.11. The maximum Gasteiger partial charge on any atom is 0.131 e. The molecule has 65 valence electrons. The number of rotatable bonds is 2. The van der Waals surface area contributed by atoms with Gasteiger partial charge in [0.25, 0.3) is 0 Å². The van der Waals surface area contributed by atoms with Crippen molar-refractivity contribution in [3.63, 3.8) is 0 Å². The predicted molar refractivity (Wildman–Crippen MR) is 46.2 cm³/mol. The van der Waals surface area contributed by atoms with Crippen LogP contribution in [-0.2, 0) is 4.74 Å². The van der Waals surface area contributed by atoms with Crippen LogP contribution in [0.15, 0.2) is 18.2 Å². The molecule has 0 saturated heterocycles. The van der Waals surface area contributed by atoms with Gasteiger partial charge in [0.15, 0.2) is 0 Å². The fourth-order valence-corrected chi connectivity index (χ4v) is 1.05. The van der Waals surface area contributed by atoms with Crippen LogP contribution >= 0.6 is 0 Å². The van der Waals surface area contributed by atoms with Crippen LogP contribution in [0.25, 0.3) is 0 Å². The van der Waals surface area contributed by atoms with E-state index in [1.165, 1.54) is 7.11 Å². The lowest BCUT2D eigenvalue weighted by atomic mass is 10.1. The van der Waals surface area contributed by atoms with E-state index in [9.17, 15) is 4.39 Å². The first-order valence-electron chi connectivity index (χ1n) is 3.77. The van der Waals surface area contributed by atoms with E-state index in [0.717, 1.165) is 0 Å². The number of hydrogen-bond acceptors (Lipinski definition) is 1. The van der Waals surface area contributed by atoms with Gasteiger partial charge in [-0.25, -0.2) is 4.39 Å². The highest BCUT2D eigenvalue weighted by Gasteiger charge is 2.10. The van der Waals surface area contributed by atoms with Crippen molar-refractivity contribution in [1.82, 2.24) is 0 Å². The first kappa shape index (κ1) is 9.20. The van der Waals surface area contributed by atoms with Crippen LogP contribution in [0.5, 0.6) is 0 Å². The zero-order valence-electron chi connectivity index (χ0n) is 7.30. The Kier molecular flexibility index (Phi) is 2.82. The van der Waals surface area contributed by atoms with Crippen LogP contribution in [0.4, 0.5) is 4.39 Å². The average molecular weight is 167 g/mol. The molecule has 0 aromatic heterocycles. The Bertz CT molecular complexity index is 271. The first-order valence-corrected chi connectivity index (χ1v) is 3.77. The lowest BCUT2D eigenvalue weighted by Crippen LogP contribution is -2.00. The van der Waals surface area contributed by atoms with E-state index in [-0.39, 0.29) is 5.82 Å². The zero-order valence-corrected chi connectivity index (χ0v) is 7.30. The highest BCUT2D eigenvalue weighted by molar-refractivity contribution is 5.27. The molecule has 0 aliphatic carbocycles. The standard InChI is InChI=1S/C10H12FO/c1-7-5-4-6-9(10(7)11)8(2)12-3/h4-6,8H,2H2,1,3H3. The SMILES string of the molecule is [CH2]C(OC)c1cccc(C)c1F. The lowest BCUT2D eigenvalue weighted by molar-refractivity contribution is 0.137. The summed E-state index contributed by atoms with van der Waals surface area (Å²) in [6.07, 6.45) is -0.426. The summed E-state index contributed by atoms with van der Waals surface area (Å²) in [6, 6.07) is 5.20. The molecule has 1 rings (SSSR count). The van der Waals surface area contributed by atoms with Crippen LogP contribution in [-0.4, -0.2) is 7.11 Å². The fourth-order valence-electron chi connectivity index (χ4n) is 1.05. The quantitative estimate of drug-likeness (QED) is 0.658. The molecule has 12 heavy (non-hydrogen) atoms. The molecular weight excluding hydrogens is 155 g/mol. The van der Waals surface area contributed by atoms with Crippen molar-refractivity contribution >= 4 is 0 Å². The second-order valence-electron chi connectivity index (χ2n) is 2.70. The van der Waals surface area contributed by atoms with E-state index in [4.69, 9.17) is 4.74 Å². The Morgan fingerprint density at radius 2 is 2.17 bits per heavy atom. The van der Waals surface area contributed by atoms with E-state index in [2.05, 4.69) is 6.92 Å². The monoisotopic (exact) mass is 167 g/mol. The summed E-state index contributed by atoms with van der Waals surface area (Å²) in [5.74, 6) is -0.223. The molecule has 0 amide bonds. The summed E-state index contributed by atoms with van der Waals surface area (Å²) in [5, 5.41) is 0. The van der Waals surface area contributed by atoms with Crippen molar-refractivity contribution in [2.75, 3.05) is 7.11 Å². The Morgan fingerprint density at radius 1 is 1.50 bits per heavy atom. The Balaban J connectivity index is 3.07. The van der Waals surface area contributed by atoms with Gasteiger partial charge in [0.2, 0.25) is 0 Å². The first-order chi connectivity index (χ1) is 5.66. The third kappa shape index (κ3) is 1.64. The van der Waals surface area contributed by atoms with Gasteiger partial charge < -0.3 is 4.74 Å². The molecule has 1 atom stereocenters. The van der Waals surface area contributed by atoms with E-state index in [1.54, 1.807) is 25.1 Å². The summed E-state index contributed by atoms with van der Waals surface area (Å²) >= 11 is 0. The van der Waals surface area contributed by atoms with Gasteiger partial charge in [0, 0.05) is 12.7 Å². The maximum absolute atomic E-state index is 13.3. The molecule has 1 radical (unpaired) electrons. The van der Waals surface area contributed by atoms with E-state index < -0.39 is 6.10 Å². The van der Waals surface area contributed by atoms with Crippen molar-refractivity contribution < 1.29 is 9.13 Å². The molecule has 2 heteroatoms. The Hall–Kier alpha value is -0.890. The summed E-state index contributed by atoms with van der Waals surface area (Å²) < 4.78 is 18.2. The van der Waals surface area contributed by atoms with E-state index in [0.29, 0.717) is 11.1 Å². The van der Waals surface area contributed by atoms with Gasteiger partial charge in [0.05, 0.1) is 6.10 Å². The third-order valence-corrected chi connectivity index (χ3v) is 1.85. The van der Waals surface area contributed by atoms with Crippen LogP contribution < -0.4 is 0 Å². The largest absolute Gasteiger partial charge is 0.377 e. The van der Waals surface area contributed by atoms with Crippen LogP contribution in [0.2, 0.25) is 0 Å². The van der Waals surface area contributed by atoms with Crippen LogP contribution in [0.1, 0.15) is 17.2 Å². The molecule has 0 saturated carbocycles. The van der Waals surface area contributed by atoms with Gasteiger partial charge >= 0.3 is 0 Å². The van der Waals surface area contributed by atoms with Crippen molar-refractivity contribution in [1.29, 1.82) is 0 Å². The molecule has 0 heterocycles. The summed E-state index contributed by atoms with van der Waals surface area (Å²) in [6.45, 7) is 5.39. The second-order valence-corrected chi connectivity index (χ2v) is 2.70. The van der Waals surface area contributed by atoms with Crippen LogP contribution in [0, 0.1) is 19.7 Å². The molecule has 0 bridgehead atoms. The molecule has 1 aromatic rings. The minimum absolute atomic E-state index is 0.223. The van der Waals surface area contributed by atoms with Crippen molar-refractivity contribution in [2.45, 2.75) is 13.0 Å². The molecule has 0 N–H and O–H groups in total. The highest BCUT2D eigenvalue weighted by atomic mass is 19.1. The van der Waals surface area contributed by atoms with Gasteiger partial charge in [-0.1, -0.05) is 18.2 Å². The minimum Gasteiger partial charge on any atom is -0.377 e. The summed E-state index contributed by atoms with van der Waals surface area (Å²) in [7, 11) is 1.51. The minimum atomic E-state index is -0.426. The second kappa shape index (κ2) is 3.68. The molecule has 0 aliphatic heterocycles. The van der Waals surface area contributed by atoms with Gasteiger partial charge in [-0.15, -0.1) is 0 Å². The zero-order chi connectivity index (χ0) is 9.14. The number of ether oxygens (including phenoxy) is 1. The molecule has 1 aromatic carbocycles. The molecule has 0 aliphatic rings. The topological polar surface area (TPSA) is 9.23 Å². The Labute approximate surface area is 72.2 Å². The third-order valence-electron chi connectivity index (χ3n) is 1.85. The maximum atomic E-state index is 13.3. The normalized spacial score (nSPS) is 13.0. The summed E-state index contributed by atoms with van der Waals surface area (Å²) in [5.41, 5.74) is 1.13. The molecular formula is C10H12FO. The number of halogens is 1. The van der Waals surface area contributed by atoms with Gasteiger partial charge in [-0.3, -0.25) is 0 Å². The fraction of sp³-hybridized carbons (Fsp3) is 0.300. The molecule has 1 unspecified atom stereocenters. The average Bonchev–Trinajstić information content (AvgIpc) is 2.08. The van der Waals surface area contributed by atoms with E-state index in [1.807, 2.05) is 0 Å². The highest BCUT2D eigenvalue weighted by Crippen LogP contribution is 2.20. The summed E-state index contributed by atoms with van der Waals surface area (Å²) in [4.78, 5) is 0. The van der Waals surface area contributed by atoms with Crippen molar-refractivity contribution in [2.24, 2.45) is 0 Å². The van der Waals surface area contributed by atoms with Gasteiger partial charge in [0.1, 0.15) is 5.82 Å². The van der Waals surface area contributed by atoms with Crippen molar-refractivity contribution in [3.05, 3.63) is 42.1 Å². The molecule has 0 fully saturated rings. The molecule has 0 spiro atoms. The number of aryl methyl sites for hydroxylation is 1. The number of hydrogen-bond donors (Lipinski definition) is 0. The van der Waals surface area contributed by atoms with E-state index >= 15 is 0 Å². The smallest absolute Gasteiger partial charge is 0.131 e. The number of benzene rings is 1. The Morgan fingerprint density at radius 3 is 2.75 bits per heavy atom.